The minimum absolute atomic E-state index is 0.249. The zero-order chi connectivity index (χ0) is 15.1. The zero-order valence-corrected chi connectivity index (χ0v) is 11.6. The summed E-state index contributed by atoms with van der Waals surface area (Å²) in [5, 5.41) is 13.5. The minimum atomic E-state index is -1.09. The second-order valence-electron chi connectivity index (χ2n) is 4.08. The molecule has 0 unspecified atom stereocenters. The number of rotatable bonds is 6. The Labute approximate surface area is 116 Å². The number of aliphatic carboxylic acids is 1. The number of carbonyl (C=O) groups excluding carboxylic acids is 1. The molecule has 0 aliphatic heterocycles. The van der Waals surface area contributed by atoms with E-state index >= 15 is 0 Å². The Hall–Kier alpha value is -2.44. The first kappa shape index (κ1) is 15.6. The number of carboxylic acids is 1. The molecular formula is C13H18N2O5. The minimum Gasteiger partial charge on any atom is -0.493 e. The van der Waals surface area contributed by atoms with Gasteiger partial charge in [0.1, 0.15) is 6.04 Å². The summed E-state index contributed by atoms with van der Waals surface area (Å²) in [5.41, 5.74) is 0.806. The Morgan fingerprint density at radius 3 is 2.45 bits per heavy atom. The normalized spacial score (nSPS) is 11.3. The molecule has 0 radical (unpaired) electrons. The predicted octanol–water partition coefficient (Wildman–Crippen LogP) is 0.976. The van der Waals surface area contributed by atoms with Crippen LogP contribution in [0.4, 0.5) is 4.79 Å². The van der Waals surface area contributed by atoms with Gasteiger partial charge in [-0.3, -0.25) is 4.79 Å². The second-order valence-corrected chi connectivity index (χ2v) is 4.08. The fourth-order valence-corrected chi connectivity index (χ4v) is 1.48. The van der Waals surface area contributed by atoms with Crippen LogP contribution in [-0.4, -0.2) is 37.4 Å². The third-order valence-corrected chi connectivity index (χ3v) is 2.62. The van der Waals surface area contributed by atoms with Crippen molar-refractivity contribution in [2.45, 2.75) is 19.5 Å². The van der Waals surface area contributed by atoms with Gasteiger partial charge in [0.25, 0.3) is 0 Å². The van der Waals surface area contributed by atoms with Crippen LogP contribution in [0.25, 0.3) is 0 Å². The van der Waals surface area contributed by atoms with E-state index in [9.17, 15) is 9.59 Å². The van der Waals surface area contributed by atoms with E-state index in [1.54, 1.807) is 18.2 Å². The van der Waals surface area contributed by atoms with E-state index in [0.29, 0.717) is 11.5 Å². The van der Waals surface area contributed by atoms with Crippen molar-refractivity contribution in [2.24, 2.45) is 0 Å². The summed E-state index contributed by atoms with van der Waals surface area (Å²) in [4.78, 5) is 22.1. The number of hydrogen-bond donors (Lipinski definition) is 3. The van der Waals surface area contributed by atoms with Gasteiger partial charge in [0.05, 0.1) is 14.2 Å². The van der Waals surface area contributed by atoms with Gasteiger partial charge in [-0.1, -0.05) is 6.07 Å². The van der Waals surface area contributed by atoms with Crippen LogP contribution < -0.4 is 20.1 Å². The number of hydrogen-bond acceptors (Lipinski definition) is 4. The average molecular weight is 282 g/mol. The molecule has 3 N–H and O–H groups in total. The maximum absolute atomic E-state index is 11.5. The largest absolute Gasteiger partial charge is 0.493 e. The molecule has 0 saturated carbocycles. The number of amides is 2. The lowest BCUT2D eigenvalue weighted by Crippen LogP contribution is -2.44. The van der Waals surface area contributed by atoms with Gasteiger partial charge in [0.2, 0.25) is 0 Å². The first-order chi connectivity index (χ1) is 9.47. The standard InChI is InChI=1S/C13H18N2O5/c1-8(12(16)17)15-13(18)14-7-9-4-5-10(19-2)11(6-9)20-3/h4-6,8H,7H2,1-3H3,(H,16,17)(H2,14,15,18)/t8-/m0/s1. The summed E-state index contributed by atoms with van der Waals surface area (Å²) in [6.45, 7) is 1.64. The van der Waals surface area contributed by atoms with Gasteiger partial charge in [0.15, 0.2) is 11.5 Å². The number of urea groups is 1. The Kier molecular flexibility index (Phi) is 5.64. The van der Waals surface area contributed by atoms with Crippen LogP contribution in [0.15, 0.2) is 18.2 Å². The zero-order valence-electron chi connectivity index (χ0n) is 11.6. The van der Waals surface area contributed by atoms with Crippen molar-refractivity contribution < 1.29 is 24.2 Å². The molecule has 0 spiro atoms. The number of methoxy groups -OCH3 is 2. The summed E-state index contributed by atoms with van der Waals surface area (Å²) in [7, 11) is 3.06. The summed E-state index contributed by atoms with van der Waals surface area (Å²) < 4.78 is 10.3. The predicted molar refractivity (Wildman–Crippen MR) is 72.0 cm³/mol. The molecule has 1 aromatic rings. The van der Waals surface area contributed by atoms with Crippen molar-refractivity contribution in [1.29, 1.82) is 0 Å². The highest BCUT2D eigenvalue weighted by molar-refractivity contribution is 5.82. The third kappa shape index (κ3) is 4.34. The number of ether oxygens (including phenoxy) is 2. The molecule has 110 valence electrons. The van der Waals surface area contributed by atoms with E-state index < -0.39 is 18.0 Å². The van der Waals surface area contributed by atoms with Crippen LogP contribution in [0.5, 0.6) is 11.5 Å². The molecule has 0 fully saturated rings. The summed E-state index contributed by atoms with van der Waals surface area (Å²) in [5.74, 6) is 0.0672. The molecule has 0 aliphatic rings. The lowest BCUT2D eigenvalue weighted by atomic mass is 10.2. The Balaban J connectivity index is 2.57. The second kappa shape index (κ2) is 7.22. The maximum atomic E-state index is 11.5. The summed E-state index contributed by atoms with van der Waals surface area (Å²) in [6.07, 6.45) is 0. The van der Waals surface area contributed by atoms with Crippen LogP contribution in [0.1, 0.15) is 12.5 Å². The van der Waals surface area contributed by atoms with Crippen LogP contribution in [0, 0.1) is 0 Å². The first-order valence-corrected chi connectivity index (χ1v) is 5.96. The number of carboxylic acid groups (broad SMARTS) is 1. The van der Waals surface area contributed by atoms with E-state index in [1.165, 1.54) is 21.1 Å². The van der Waals surface area contributed by atoms with Crippen molar-refractivity contribution in [3.8, 4) is 11.5 Å². The highest BCUT2D eigenvalue weighted by Crippen LogP contribution is 2.27. The molecule has 7 heteroatoms. The average Bonchev–Trinajstić information content (AvgIpc) is 2.44. The van der Waals surface area contributed by atoms with Crippen LogP contribution in [0.3, 0.4) is 0 Å². The van der Waals surface area contributed by atoms with Crippen LogP contribution in [-0.2, 0) is 11.3 Å². The lowest BCUT2D eigenvalue weighted by molar-refractivity contribution is -0.138. The molecule has 0 saturated heterocycles. The van der Waals surface area contributed by atoms with Gasteiger partial charge < -0.3 is 25.2 Å². The van der Waals surface area contributed by atoms with Crippen LogP contribution >= 0.6 is 0 Å². The van der Waals surface area contributed by atoms with E-state index in [4.69, 9.17) is 14.6 Å². The molecule has 20 heavy (non-hydrogen) atoms. The van der Waals surface area contributed by atoms with Gasteiger partial charge in [-0.15, -0.1) is 0 Å². The number of nitrogens with one attached hydrogen (secondary N) is 2. The molecule has 2 amide bonds. The lowest BCUT2D eigenvalue weighted by Gasteiger charge is -2.12. The fraction of sp³-hybridized carbons (Fsp3) is 0.385. The van der Waals surface area contributed by atoms with Crippen molar-refractivity contribution in [1.82, 2.24) is 10.6 Å². The maximum Gasteiger partial charge on any atom is 0.325 e. The number of benzene rings is 1. The van der Waals surface area contributed by atoms with Gasteiger partial charge >= 0.3 is 12.0 Å². The van der Waals surface area contributed by atoms with Gasteiger partial charge in [0, 0.05) is 6.54 Å². The summed E-state index contributed by atoms with van der Waals surface area (Å²) in [6, 6.07) is 3.75. The molecule has 7 nitrogen and oxygen atoms in total. The summed E-state index contributed by atoms with van der Waals surface area (Å²) >= 11 is 0. The van der Waals surface area contributed by atoms with E-state index in [0.717, 1.165) is 5.56 Å². The number of carbonyl (C=O) groups is 2. The fourth-order valence-electron chi connectivity index (χ4n) is 1.48. The van der Waals surface area contributed by atoms with Crippen molar-refractivity contribution in [3.63, 3.8) is 0 Å². The van der Waals surface area contributed by atoms with Crippen molar-refractivity contribution in [3.05, 3.63) is 23.8 Å². The van der Waals surface area contributed by atoms with Gasteiger partial charge in [-0.2, -0.15) is 0 Å². The van der Waals surface area contributed by atoms with Gasteiger partial charge in [-0.05, 0) is 24.6 Å². The van der Waals surface area contributed by atoms with E-state index in [-0.39, 0.29) is 6.54 Å². The Morgan fingerprint density at radius 2 is 1.90 bits per heavy atom. The topological polar surface area (TPSA) is 96.9 Å². The van der Waals surface area contributed by atoms with Gasteiger partial charge in [-0.25, -0.2) is 4.79 Å². The highest BCUT2D eigenvalue weighted by atomic mass is 16.5. The highest BCUT2D eigenvalue weighted by Gasteiger charge is 2.13. The molecule has 0 aliphatic carbocycles. The van der Waals surface area contributed by atoms with Crippen molar-refractivity contribution >= 4 is 12.0 Å². The third-order valence-electron chi connectivity index (χ3n) is 2.62. The quantitative estimate of drug-likeness (QED) is 0.722. The SMILES string of the molecule is COc1ccc(CNC(=O)N[C@@H](C)C(=O)O)cc1OC. The monoisotopic (exact) mass is 282 g/mol. The van der Waals surface area contributed by atoms with Crippen LogP contribution in [0.2, 0.25) is 0 Å². The molecule has 0 bridgehead atoms. The molecule has 0 heterocycles. The molecule has 1 atom stereocenters. The Morgan fingerprint density at radius 1 is 1.25 bits per heavy atom. The molecule has 1 rings (SSSR count). The Bertz CT molecular complexity index is 490. The smallest absolute Gasteiger partial charge is 0.325 e. The van der Waals surface area contributed by atoms with Crippen molar-refractivity contribution in [2.75, 3.05) is 14.2 Å². The molecule has 1 aromatic carbocycles. The van der Waals surface area contributed by atoms with E-state index in [1.807, 2.05) is 0 Å². The molecule has 0 aromatic heterocycles. The van der Waals surface area contributed by atoms with E-state index in [2.05, 4.69) is 10.6 Å². The first-order valence-electron chi connectivity index (χ1n) is 5.96. The molecular weight excluding hydrogens is 264 g/mol.